The first-order valence-corrected chi connectivity index (χ1v) is 6.40. The predicted molar refractivity (Wildman–Crippen MR) is 79.2 cm³/mol. The van der Waals surface area contributed by atoms with Gasteiger partial charge in [-0.25, -0.2) is 4.79 Å². The number of halogens is 1. The van der Waals surface area contributed by atoms with E-state index >= 15 is 0 Å². The number of phenols is 1. The molecule has 108 valence electrons. The molecule has 0 bridgehead atoms. The zero-order chi connectivity index (χ0) is 15.6. The fourth-order valence-electron chi connectivity index (χ4n) is 1.88. The molecular formula is C15H12ClNO4. The Balaban J connectivity index is 2.41. The van der Waals surface area contributed by atoms with Crippen molar-refractivity contribution in [3.8, 4) is 5.75 Å². The second-order valence-corrected chi connectivity index (χ2v) is 4.85. The SMILES string of the molecule is Cc1cccc(C(=O)O)c1NC(=O)c1cc(Cl)ccc1O. The van der Waals surface area contributed by atoms with Gasteiger partial charge in [0.2, 0.25) is 0 Å². The standard InChI is InChI=1S/C15H12ClNO4/c1-8-3-2-4-10(15(20)21)13(8)17-14(19)11-7-9(16)5-6-12(11)18/h2-7,18H,1H3,(H,17,19)(H,20,21). The molecule has 0 heterocycles. The van der Waals surface area contributed by atoms with Crippen molar-refractivity contribution in [1.29, 1.82) is 0 Å². The second kappa shape index (κ2) is 5.85. The summed E-state index contributed by atoms with van der Waals surface area (Å²) < 4.78 is 0. The number of rotatable bonds is 3. The number of aryl methyl sites for hydroxylation is 1. The Hall–Kier alpha value is -2.53. The smallest absolute Gasteiger partial charge is 0.337 e. The maximum absolute atomic E-state index is 12.2. The third kappa shape index (κ3) is 3.14. The molecule has 0 aliphatic heterocycles. The molecule has 0 spiro atoms. The number of hydrogen-bond acceptors (Lipinski definition) is 3. The lowest BCUT2D eigenvalue weighted by Crippen LogP contribution is -2.16. The fraction of sp³-hybridized carbons (Fsp3) is 0.0667. The molecule has 0 saturated carbocycles. The summed E-state index contributed by atoms with van der Waals surface area (Å²) in [5.74, 6) is -2.02. The number of carboxylic acids is 1. The first-order valence-electron chi connectivity index (χ1n) is 6.03. The monoisotopic (exact) mass is 305 g/mol. The van der Waals surface area contributed by atoms with Crippen molar-refractivity contribution < 1.29 is 19.8 Å². The van der Waals surface area contributed by atoms with Crippen LogP contribution in [-0.4, -0.2) is 22.1 Å². The minimum atomic E-state index is -1.15. The number of nitrogens with one attached hydrogen (secondary N) is 1. The second-order valence-electron chi connectivity index (χ2n) is 4.42. The summed E-state index contributed by atoms with van der Waals surface area (Å²) in [6, 6.07) is 8.72. The van der Waals surface area contributed by atoms with Gasteiger partial charge in [0.15, 0.2) is 0 Å². The number of para-hydroxylation sites is 1. The number of carbonyl (C=O) groups excluding carboxylic acids is 1. The summed E-state index contributed by atoms with van der Waals surface area (Å²) in [6.45, 7) is 1.68. The summed E-state index contributed by atoms with van der Waals surface area (Å²) in [6.07, 6.45) is 0. The van der Waals surface area contributed by atoms with E-state index in [4.69, 9.17) is 16.7 Å². The summed E-state index contributed by atoms with van der Waals surface area (Å²) in [5, 5.41) is 21.6. The highest BCUT2D eigenvalue weighted by Crippen LogP contribution is 2.25. The van der Waals surface area contributed by atoms with Gasteiger partial charge in [0.1, 0.15) is 5.75 Å². The molecule has 2 rings (SSSR count). The number of amides is 1. The van der Waals surface area contributed by atoms with Crippen LogP contribution in [-0.2, 0) is 0 Å². The Kier molecular flexibility index (Phi) is 4.14. The lowest BCUT2D eigenvalue weighted by Gasteiger charge is -2.12. The molecule has 0 aromatic heterocycles. The van der Waals surface area contributed by atoms with E-state index in [1.54, 1.807) is 19.1 Å². The Labute approximate surface area is 125 Å². The fourth-order valence-corrected chi connectivity index (χ4v) is 2.06. The van der Waals surface area contributed by atoms with Gasteiger partial charge in [-0.2, -0.15) is 0 Å². The zero-order valence-corrected chi connectivity index (χ0v) is 11.8. The summed E-state index contributed by atoms with van der Waals surface area (Å²) in [4.78, 5) is 23.4. The predicted octanol–water partition coefficient (Wildman–Crippen LogP) is 3.30. The summed E-state index contributed by atoms with van der Waals surface area (Å²) >= 11 is 5.79. The lowest BCUT2D eigenvalue weighted by molar-refractivity contribution is 0.0698. The molecule has 1 amide bonds. The molecule has 21 heavy (non-hydrogen) atoms. The number of carboxylic acid groups (broad SMARTS) is 1. The Morgan fingerprint density at radius 2 is 1.86 bits per heavy atom. The molecule has 0 saturated heterocycles. The number of carbonyl (C=O) groups is 2. The highest BCUT2D eigenvalue weighted by Gasteiger charge is 2.17. The highest BCUT2D eigenvalue weighted by atomic mass is 35.5. The molecule has 0 aliphatic carbocycles. The highest BCUT2D eigenvalue weighted by molar-refractivity contribution is 6.31. The van der Waals surface area contributed by atoms with Crippen LogP contribution >= 0.6 is 11.6 Å². The molecule has 0 atom stereocenters. The molecule has 0 aliphatic rings. The number of phenolic OH excluding ortho intramolecular Hbond substituents is 1. The molecule has 6 heteroatoms. The van der Waals surface area contributed by atoms with E-state index in [0.29, 0.717) is 10.6 Å². The van der Waals surface area contributed by atoms with Crippen LogP contribution in [0.1, 0.15) is 26.3 Å². The number of aromatic carboxylic acids is 1. The average Bonchev–Trinajstić information content (AvgIpc) is 2.43. The lowest BCUT2D eigenvalue weighted by atomic mass is 10.1. The number of hydrogen-bond donors (Lipinski definition) is 3. The maximum atomic E-state index is 12.2. The van der Waals surface area contributed by atoms with Crippen molar-refractivity contribution >= 4 is 29.2 Å². The van der Waals surface area contributed by atoms with E-state index in [9.17, 15) is 14.7 Å². The Morgan fingerprint density at radius 3 is 2.52 bits per heavy atom. The van der Waals surface area contributed by atoms with Gasteiger partial charge in [0.25, 0.3) is 5.91 Å². The van der Waals surface area contributed by atoms with E-state index in [2.05, 4.69) is 5.32 Å². The van der Waals surface area contributed by atoms with Crippen LogP contribution in [0.25, 0.3) is 0 Å². The van der Waals surface area contributed by atoms with Crippen LogP contribution in [0.15, 0.2) is 36.4 Å². The van der Waals surface area contributed by atoms with Gasteiger partial charge in [0.05, 0.1) is 16.8 Å². The van der Waals surface area contributed by atoms with E-state index in [1.165, 1.54) is 24.3 Å². The molecule has 0 radical (unpaired) electrons. The van der Waals surface area contributed by atoms with Crippen LogP contribution in [0.3, 0.4) is 0 Å². The van der Waals surface area contributed by atoms with Gasteiger partial charge >= 0.3 is 5.97 Å². The van der Waals surface area contributed by atoms with Gasteiger partial charge in [-0.1, -0.05) is 23.7 Å². The zero-order valence-electron chi connectivity index (χ0n) is 11.1. The van der Waals surface area contributed by atoms with Crippen molar-refractivity contribution in [2.24, 2.45) is 0 Å². The van der Waals surface area contributed by atoms with Crippen molar-refractivity contribution in [3.05, 3.63) is 58.1 Å². The molecule has 0 unspecified atom stereocenters. The largest absolute Gasteiger partial charge is 0.507 e. The van der Waals surface area contributed by atoms with E-state index in [1.807, 2.05) is 0 Å². The molecule has 5 nitrogen and oxygen atoms in total. The van der Waals surface area contributed by atoms with Gasteiger partial charge in [-0.3, -0.25) is 4.79 Å². The van der Waals surface area contributed by atoms with Crippen LogP contribution in [0, 0.1) is 6.92 Å². The van der Waals surface area contributed by atoms with Crippen molar-refractivity contribution in [3.63, 3.8) is 0 Å². The Bertz CT molecular complexity index is 728. The van der Waals surface area contributed by atoms with Crippen LogP contribution in [0.5, 0.6) is 5.75 Å². The van der Waals surface area contributed by atoms with Crippen LogP contribution in [0.4, 0.5) is 5.69 Å². The van der Waals surface area contributed by atoms with Crippen molar-refractivity contribution in [1.82, 2.24) is 0 Å². The van der Waals surface area contributed by atoms with Gasteiger partial charge in [-0.15, -0.1) is 0 Å². The number of anilines is 1. The first-order chi connectivity index (χ1) is 9.90. The first kappa shape index (κ1) is 14.9. The number of benzene rings is 2. The topological polar surface area (TPSA) is 86.6 Å². The average molecular weight is 306 g/mol. The Morgan fingerprint density at radius 1 is 1.14 bits per heavy atom. The van der Waals surface area contributed by atoms with Crippen LogP contribution in [0.2, 0.25) is 5.02 Å². The molecule has 3 N–H and O–H groups in total. The summed E-state index contributed by atoms with van der Waals surface area (Å²) in [7, 11) is 0. The van der Waals surface area contributed by atoms with E-state index in [-0.39, 0.29) is 22.6 Å². The van der Waals surface area contributed by atoms with E-state index < -0.39 is 11.9 Å². The van der Waals surface area contributed by atoms with Crippen molar-refractivity contribution in [2.45, 2.75) is 6.92 Å². The third-order valence-electron chi connectivity index (χ3n) is 2.94. The van der Waals surface area contributed by atoms with Gasteiger partial charge in [-0.05, 0) is 36.8 Å². The molecule has 2 aromatic carbocycles. The molecule has 2 aromatic rings. The third-order valence-corrected chi connectivity index (χ3v) is 3.18. The normalized spacial score (nSPS) is 10.2. The molecular weight excluding hydrogens is 294 g/mol. The van der Waals surface area contributed by atoms with Gasteiger partial charge < -0.3 is 15.5 Å². The van der Waals surface area contributed by atoms with E-state index in [0.717, 1.165) is 0 Å². The minimum Gasteiger partial charge on any atom is -0.507 e. The molecule has 0 fully saturated rings. The maximum Gasteiger partial charge on any atom is 0.337 e. The summed E-state index contributed by atoms with van der Waals surface area (Å²) in [5.41, 5.74) is 0.742. The number of aromatic hydroxyl groups is 1. The van der Waals surface area contributed by atoms with Crippen LogP contribution < -0.4 is 5.32 Å². The minimum absolute atomic E-state index is 0.0233. The van der Waals surface area contributed by atoms with Gasteiger partial charge in [0, 0.05) is 5.02 Å². The quantitative estimate of drug-likeness (QED) is 0.812. The van der Waals surface area contributed by atoms with Crippen molar-refractivity contribution in [2.75, 3.05) is 5.32 Å².